The van der Waals surface area contributed by atoms with E-state index in [-0.39, 0.29) is 64.4 Å². The van der Waals surface area contributed by atoms with Gasteiger partial charge in [0, 0.05) is 98.5 Å². The van der Waals surface area contributed by atoms with Gasteiger partial charge >= 0.3 is 0 Å². The second-order valence-corrected chi connectivity index (χ2v) is 18.5. The number of aromatic nitrogens is 3. The van der Waals surface area contributed by atoms with Gasteiger partial charge in [-0.1, -0.05) is 31.2 Å². The summed E-state index contributed by atoms with van der Waals surface area (Å²) >= 11 is 0. The first-order valence-electron chi connectivity index (χ1n) is 21.5. The van der Waals surface area contributed by atoms with E-state index in [1.165, 1.54) is 6.07 Å². The Hall–Kier alpha value is -5.64. The average molecular weight is 853 g/mol. The Bertz CT molecular complexity index is 2350. The molecule has 2 N–H and O–H groups in total. The Morgan fingerprint density at radius 2 is 1.43 bits per heavy atom. The molecule has 322 valence electrons. The summed E-state index contributed by atoms with van der Waals surface area (Å²) in [4.78, 5) is 61.6. The molecule has 4 amide bonds. The van der Waals surface area contributed by atoms with Crippen molar-refractivity contribution < 1.29 is 32.0 Å². The van der Waals surface area contributed by atoms with Crippen molar-refractivity contribution in [2.45, 2.75) is 76.7 Å². The Labute approximate surface area is 355 Å². The highest BCUT2D eigenvalue weighted by Crippen LogP contribution is 2.38. The number of hydrogen-bond acceptors (Lipinski definition) is 9. The Morgan fingerprint density at radius 3 is 2.05 bits per heavy atom. The molecule has 0 saturated carbocycles. The first-order chi connectivity index (χ1) is 29.5. The molecule has 16 heteroatoms. The van der Waals surface area contributed by atoms with Crippen LogP contribution in [0.3, 0.4) is 0 Å². The molecule has 0 radical (unpaired) electrons. The molecule has 2 aromatic carbocycles. The number of sulfonamides is 1. The van der Waals surface area contributed by atoms with E-state index in [4.69, 9.17) is 5.10 Å². The summed E-state index contributed by atoms with van der Waals surface area (Å²) in [7, 11) is -3.71. The van der Waals surface area contributed by atoms with Gasteiger partial charge in [-0.15, -0.1) is 0 Å². The van der Waals surface area contributed by atoms with Crippen LogP contribution in [0.25, 0.3) is 22.4 Å². The van der Waals surface area contributed by atoms with Crippen LogP contribution in [0.1, 0.15) is 82.2 Å². The smallest absolute Gasteiger partial charge is 0.234 e. The van der Waals surface area contributed by atoms with Gasteiger partial charge in [-0.05, 0) is 87.3 Å². The van der Waals surface area contributed by atoms with Gasteiger partial charge in [-0.3, -0.25) is 38.9 Å². The van der Waals surface area contributed by atoms with Crippen LogP contribution in [0, 0.1) is 17.7 Å². The summed E-state index contributed by atoms with van der Waals surface area (Å²) in [5.41, 5.74) is 3.91. The van der Waals surface area contributed by atoms with E-state index in [0.717, 1.165) is 42.7 Å². The lowest BCUT2D eigenvalue weighted by Gasteiger charge is -2.39. The second-order valence-electron chi connectivity index (χ2n) is 16.7. The number of rotatable bonds is 11. The molecule has 0 spiro atoms. The predicted molar refractivity (Wildman–Crippen MR) is 229 cm³/mol. The van der Waals surface area contributed by atoms with Crippen molar-refractivity contribution >= 4 is 45.0 Å². The summed E-state index contributed by atoms with van der Waals surface area (Å²) in [5, 5.41) is 7.37. The summed E-state index contributed by atoms with van der Waals surface area (Å²) in [5.74, 6) is -1.45. The third kappa shape index (κ3) is 9.33. The van der Waals surface area contributed by atoms with Crippen LogP contribution in [0.15, 0.2) is 73.2 Å². The van der Waals surface area contributed by atoms with Crippen molar-refractivity contribution in [2.24, 2.45) is 11.8 Å². The Kier molecular flexibility index (Phi) is 12.5. The molecule has 4 fully saturated rings. The van der Waals surface area contributed by atoms with Crippen molar-refractivity contribution in [1.82, 2.24) is 29.9 Å². The normalized spacial score (nSPS) is 19.8. The van der Waals surface area contributed by atoms with E-state index >= 15 is 4.39 Å². The van der Waals surface area contributed by atoms with Gasteiger partial charge in [0.05, 0.1) is 23.4 Å². The number of imide groups is 1. The van der Waals surface area contributed by atoms with Gasteiger partial charge in [0.2, 0.25) is 33.7 Å². The molecular weight excluding hydrogens is 800 g/mol. The van der Waals surface area contributed by atoms with Crippen molar-refractivity contribution in [1.29, 1.82) is 0 Å². The van der Waals surface area contributed by atoms with E-state index in [1.807, 2.05) is 44.9 Å². The summed E-state index contributed by atoms with van der Waals surface area (Å²) in [6.45, 7) is 5.53. The first-order valence-corrected chi connectivity index (χ1v) is 23.2. The monoisotopic (exact) mass is 852 g/mol. The molecule has 61 heavy (non-hydrogen) atoms. The van der Waals surface area contributed by atoms with Crippen molar-refractivity contribution in [3.05, 3.63) is 84.6 Å². The quantitative estimate of drug-likeness (QED) is 0.179. The maximum Gasteiger partial charge on any atom is 0.234 e. The average Bonchev–Trinajstić information content (AvgIpc) is 3.72. The molecule has 4 aliphatic heterocycles. The predicted octanol–water partition coefficient (Wildman–Crippen LogP) is 5.74. The molecule has 6 heterocycles. The number of pyridine rings is 1. The molecule has 4 aliphatic rings. The summed E-state index contributed by atoms with van der Waals surface area (Å²) in [6.07, 6.45) is 10.5. The number of halogens is 1. The number of benzene rings is 2. The molecule has 8 rings (SSSR count). The van der Waals surface area contributed by atoms with Gasteiger partial charge in [0.15, 0.2) is 5.82 Å². The molecule has 1 atom stereocenters. The largest absolute Gasteiger partial charge is 0.371 e. The minimum absolute atomic E-state index is 0.0317. The van der Waals surface area contributed by atoms with Gasteiger partial charge in [0.1, 0.15) is 5.69 Å². The molecule has 0 aliphatic carbocycles. The fourth-order valence-electron chi connectivity index (χ4n) is 9.33. The number of anilines is 2. The minimum Gasteiger partial charge on any atom is -0.371 e. The topological polar surface area (TPSA) is 167 Å². The van der Waals surface area contributed by atoms with E-state index in [1.54, 1.807) is 43.6 Å². The maximum atomic E-state index is 16.0. The van der Waals surface area contributed by atoms with Crippen molar-refractivity contribution in [3.8, 4) is 22.4 Å². The Balaban J connectivity index is 0.835. The molecule has 0 bridgehead atoms. The van der Waals surface area contributed by atoms with Crippen LogP contribution < -0.4 is 14.9 Å². The molecular formula is C45H53FN8O6S. The fraction of sp³-hybridized carbons (Fsp3) is 0.467. The van der Waals surface area contributed by atoms with E-state index < -0.39 is 15.8 Å². The van der Waals surface area contributed by atoms with Gasteiger partial charge in [0.25, 0.3) is 0 Å². The fourth-order valence-corrected chi connectivity index (χ4v) is 10.5. The number of hydrogen-bond donors (Lipinski definition) is 2. The highest BCUT2D eigenvalue weighted by atomic mass is 32.2. The highest BCUT2D eigenvalue weighted by molar-refractivity contribution is 7.92. The maximum absolute atomic E-state index is 16.0. The van der Waals surface area contributed by atoms with Crippen LogP contribution in [0.5, 0.6) is 0 Å². The first kappa shape index (κ1) is 42.1. The van der Waals surface area contributed by atoms with Crippen LogP contribution in [0.2, 0.25) is 0 Å². The van der Waals surface area contributed by atoms with Crippen LogP contribution in [-0.4, -0.2) is 102 Å². The third-order valence-electron chi connectivity index (χ3n) is 12.8. The van der Waals surface area contributed by atoms with Gasteiger partial charge < -0.3 is 14.7 Å². The number of carbonyl (C=O) groups excluding carboxylic acids is 4. The number of amides is 4. The highest BCUT2D eigenvalue weighted by Gasteiger charge is 2.36. The van der Waals surface area contributed by atoms with Crippen LogP contribution in [0.4, 0.5) is 15.8 Å². The molecule has 4 saturated heterocycles. The number of likely N-dealkylation sites (tertiary alicyclic amines) is 2. The zero-order chi connectivity index (χ0) is 42.7. The lowest BCUT2D eigenvalue weighted by Crippen LogP contribution is -2.49. The van der Waals surface area contributed by atoms with E-state index in [9.17, 15) is 27.6 Å². The van der Waals surface area contributed by atoms with Crippen LogP contribution >= 0.6 is 0 Å². The van der Waals surface area contributed by atoms with Crippen molar-refractivity contribution in [2.75, 3.05) is 54.6 Å². The zero-order valence-electron chi connectivity index (χ0n) is 34.5. The molecule has 0 unspecified atom stereocenters. The molecule has 4 aromatic rings. The molecule has 2 aromatic heterocycles. The van der Waals surface area contributed by atoms with Gasteiger partial charge in [-0.2, -0.15) is 5.10 Å². The van der Waals surface area contributed by atoms with Gasteiger partial charge in [-0.25, -0.2) is 12.8 Å². The lowest BCUT2D eigenvalue weighted by atomic mass is 9.89. The standard InChI is InChI=1S/C45H53FN8O6S/c1-2-28-61(59,60)50-39-5-3-4-37(41(39)46)38-29-54(49-42(38)31-12-20-47-21-13-31)35-18-26-53(27-19-35)45(58)33-16-24-52(25-17-33)44(57)32-14-22-51(23-15-32)34-8-6-30(7-9-34)36-10-11-40(55)48-43(36)56/h3-9,12-13,20-21,29,32-33,35-36,50H,2,10-11,14-19,22-28H2,1H3,(H,48,55,56)/t36-/m1/s1. The van der Waals surface area contributed by atoms with Crippen LogP contribution in [-0.2, 0) is 29.2 Å². The number of piperidine rings is 4. The summed E-state index contributed by atoms with van der Waals surface area (Å²) < 4.78 is 45.3. The summed E-state index contributed by atoms with van der Waals surface area (Å²) in [6, 6.07) is 16.2. The number of carbonyl (C=O) groups is 4. The van der Waals surface area contributed by atoms with Crippen molar-refractivity contribution in [3.63, 3.8) is 0 Å². The van der Waals surface area contributed by atoms with E-state index in [0.29, 0.717) is 82.4 Å². The lowest BCUT2D eigenvalue weighted by molar-refractivity contribution is -0.143. The minimum atomic E-state index is -3.71. The Morgan fingerprint density at radius 1 is 0.803 bits per heavy atom. The zero-order valence-corrected chi connectivity index (χ0v) is 35.3. The van der Waals surface area contributed by atoms with E-state index in [2.05, 4.69) is 19.9 Å². The third-order valence-corrected chi connectivity index (χ3v) is 14.2. The number of nitrogens with zero attached hydrogens (tertiary/aromatic N) is 6. The molecule has 14 nitrogen and oxygen atoms in total. The SMILES string of the molecule is CCCS(=O)(=O)Nc1cccc(-c2cn(C3CCN(C(=O)C4CCN(C(=O)C5CCN(c6ccc([C@H]7CCC(=O)NC7=O)cc6)CC5)CC4)CC3)nc2-c2ccncc2)c1F. The second kappa shape index (κ2) is 18.1. The number of nitrogens with one attached hydrogen (secondary N) is 2.